The number of hydrogen-bond donors (Lipinski definition) is 1. The molecule has 0 saturated heterocycles. The number of para-hydroxylation sites is 2. The quantitative estimate of drug-likeness (QED) is 0.756. The van der Waals surface area contributed by atoms with Crippen LogP contribution >= 0.6 is 0 Å². The second-order valence-corrected chi connectivity index (χ2v) is 7.17. The second kappa shape index (κ2) is 7.52. The number of benzene rings is 2. The van der Waals surface area contributed by atoms with Crippen LogP contribution < -0.4 is 5.32 Å². The number of carbonyl (C=O) groups excluding carboxylic acids is 1. The molecule has 5 nitrogen and oxygen atoms in total. The molecule has 0 bridgehead atoms. The van der Waals surface area contributed by atoms with Gasteiger partial charge in [0, 0.05) is 0 Å². The Morgan fingerprint density at radius 3 is 2.38 bits per heavy atom. The first kappa shape index (κ1) is 17.9. The van der Waals surface area contributed by atoms with Gasteiger partial charge in [0.2, 0.25) is 0 Å². The fourth-order valence-electron chi connectivity index (χ4n) is 2.67. The van der Waals surface area contributed by atoms with E-state index >= 15 is 0 Å². The van der Waals surface area contributed by atoms with Crippen molar-refractivity contribution in [3.8, 4) is 0 Å². The highest BCUT2D eigenvalue weighted by atomic mass is 16.6. The molecule has 1 aromatic heterocycles. The number of hydrogen-bond acceptors (Lipinski definition) is 4. The van der Waals surface area contributed by atoms with E-state index in [-0.39, 0.29) is 6.04 Å². The summed E-state index contributed by atoms with van der Waals surface area (Å²) in [4.78, 5) is 21.5. The van der Waals surface area contributed by atoms with Gasteiger partial charge in [0.05, 0.1) is 29.0 Å². The SMILES string of the molecule is CC(C)(C)OC(=O)N[C@@H](Cc1ccccc1)c1cnc2ccccc2n1. The third kappa shape index (κ3) is 4.79. The van der Waals surface area contributed by atoms with Crippen molar-refractivity contribution in [1.29, 1.82) is 0 Å². The van der Waals surface area contributed by atoms with Crippen LogP contribution in [-0.4, -0.2) is 21.7 Å². The molecule has 0 aliphatic carbocycles. The van der Waals surface area contributed by atoms with Gasteiger partial charge in [0.15, 0.2) is 0 Å². The van der Waals surface area contributed by atoms with Crippen molar-refractivity contribution in [3.05, 3.63) is 72.1 Å². The summed E-state index contributed by atoms with van der Waals surface area (Å²) in [6, 6.07) is 17.3. The summed E-state index contributed by atoms with van der Waals surface area (Å²) in [5.74, 6) is 0. The minimum atomic E-state index is -0.559. The molecule has 3 rings (SSSR count). The first-order chi connectivity index (χ1) is 12.4. The van der Waals surface area contributed by atoms with Gasteiger partial charge in [-0.25, -0.2) is 9.78 Å². The summed E-state index contributed by atoms with van der Waals surface area (Å²) < 4.78 is 5.42. The Hall–Kier alpha value is -2.95. The van der Waals surface area contributed by atoms with Gasteiger partial charge in [-0.15, -0.1) is 0 Å². The number of alkyl carbamates (subject to hydrolysis) is 1. The van der Waals surface area contributed by atoms with Crippen molar-refractivity contribution < 1.29 is 9.53 Å². The Balaban J connectivity index is 1.89. The Morgan fingerprint density at radius 1 is 1.04 bits per heavy atom. The minimum Gasteiger partial charge on any atom is -0.444 e. The highest BCUT2D eigenvalue weighted by molar-refractivity contribution is 5.74. The maximum absolute atomic E-state index is 12.3. The van der Waals surface area contributed by atoms with Crippen molar-refractivity contribution in [2.75, 3.05) is 0 Å². The van der Waals surface area contributed by atoms with Crippen LogP contribution in [0.2, 0.25) is 0 Å². The van der Waals surface area contributed by atoms with Crippen molar-refractivity contribution in [1.82, 2.24) is 15.3 Å². The standard InChI is InChI=1S/C21H23N3O2/c1-21(2,3)26-20(25)24-18(13-15-9-5-4-6-10-15)19-14-22-16-11-7-8-12-17(16)23-19/h4-12,14,18H,13H2,1-3H3,(H,24,25)/t18-/m0/s1. The fraction of sp³-hybridized carbons (Fsp3) is 0.286. The van der Waals surface area contributed by atoms with Gasteiger partial charge in [-0.2, -0.15) is 0 Å². The third-order valence-corrected chi connectivity index (χ3v) is 3.80. The number of amides is 1. The van der Waals surface area contributed by atoms with E-state index in [0.29, 0.717) is 12.1 Å². The van der Waals surface area contributed by atoms with E-state index < -0.39 is 11.7 Å². The topological polar surface area (TPSA) is 64.1 Å². The van der Waals surface area contributed by atoms with Gasteiger partial charge in [0.25, 0.3) is 0 Å². The molecule has 1 amide bonds. The monoisotopic (exact) mass is 349 g/mol. The molecule has 3 aromatic rings. The van der Waals surface area contributed by atoms with Crippen molar-refractivity contribution in [2.24, 2.45) is 0 Å². The molecule has 0 fully saturated rings. The first-order valence-corrected chi connectivity index (χ1v) is 8.66. The summed E-state index contributed by atoms with van der Waals surface area (Å²) in [7, 11) is 0. The molecule has 1 heterocycles. The molecule has 5 heteroatoms. The molecule has 26 heavy (non-hydrogen) atoms. The van der Waals surface area contributed by atoms with Gasteiger partial charge >= 0.3 is 6.09 Å². The van der Waals surface area contributed by atoms with Gasteiger partial charge in [-0.05, 0) is 44.9 Å². The summed E-state index contributed by atoms with van der Waals surface area (Å²) in [6.45, 7) is 5.53. The summed E-state index contributed by atoms with van der Waals surface area (Å²) >= 11 is 0. The van der Waals surface area contributed by atoms with Crippen LogP contribution in [0.25, 0.3) is 11.0 Å². The van der Waals surface area contributed by atoms with Gasteiger partial charge in [-0.3, -0.25) is 4.98 Å². The van der Waals surface area contributed by atoms with Gasteiger partial charge in [0.1, 0.15) is 5.60 Å². The van der Waals surface area contributed by atoms with Crippen molar-refractivity contribution in [2.45, 2.75) is 38.8 Å². The number of nitrogens with one attached hydrogen (secondary N) is 1. The number of rotatable bonds is 4. The van der Waals surface area contributed by atoms with E-state index in [9.17, 15) is 4.79 Å². The lowest BCUT2D eigenvalue weighted by Crippen LogP contribution is -2.36. The zero-order valence-electron chi connectivity index (χ0n) is 15.3. The molecule has 0 radical (unpaired) electrons. The molecule has 0 unspecified atom stereocenters. The molecule has 0 spiro atoms. The number of aromatic nitrogens is 2. The average molecular weight is 349 g/mol. The fourth-order valence-corrected chi connectivity index (χ4v) is 2.67. The number of carbonyl (C=O) groups is 1. The smallest absolute Gasteiger partial charge is 0.408 e. The lowest BCUT2D eigenvalue weighted by atomic mass is 10.0. The predicted octanol–water partition coefficient (Wildman–Crippen LogP) is 4.44. The van der Waals surface area contributed by atoms with Crippen LogP contribution in [0.3, 0.4) is 0 Å². The van der Waals surface area contributed by atoms with E-state index in [1.807, 2.05) is 75.4 Å². The van der Waals surface area contributed by atoms with E-state index in [4.69, 9.17) is 4.74 Å². The van der Waals surface area contributed by atoms with Crippen LogP contribution in [0.4, 0.5) is 4.79 Å². The molecule has 1 N–H and O–H groups in total. The molecule has 2 aromatic carbocycles. The predicted molar refractivity (Wildman–Crippen MR) is 102 cm³/mol. The highest BCUT2D eigenvalue weighted by Crippen LogP contribution is 2.20. The average Bonchev–Trinajstić information content (AvgIpc) is 2.60. The summed E-state index contributed by atoms with van der Waals surface area (Å²) in [5.41, 5.74) is 2.87. The molecule has 0 aliphatic rings. The van der Waals surface area contributed by atoms with Crippen molar-refractivity contribution >= 4 is 17.1 Å². The van der Waals surface area contributed by atoms with E-state index in [2.05, 4.69) is 15.3 Å². The van der Waals surface area contributed by atoms with Gasteiger partial charge < -0.3 is 10.1 Å². The summed E-state index contributed by atoms with van der Waals surface area (Å²) in [5, 5.41) is 2.94. The van der Waals surface area contributed by atoms with Crippen LogP contribution in [-0.2, 0) is 11.2 Å². The minimum absolute atomic E-state index is 0.329. The lowest BCUT2D eigenvalue weighted by Gasteiger charge is -2.23. The molecule has 134 valence electrons. The molecular weight excluding hydrogens is 326 g/mol. The zero-order chi connectivity index (χ0) is 18.6. The first-order valence-electron chi connectivity index (χ1n) is 8.66. The molecular formula is C21H23N3O2. The van der Waals surface area contributed by atoms with E-state index in [1.165, 1.54) is 0 Å². The van der Waals surface area contributed by atoms with Crippen molar-refractivity contribution in [3.63, 3.8) is 0 Å². The zero-order valence-corrected chi connectivity index (χ0v) is 15.3. The third-order valence-electron chi connectivity index (χ3n) is 3.80. The van der Waals surface area contributed by atoms with Crippen LogP contribution in [0.5, 0.6) is 0 Å². The van der Waals surface area contributed by atoms with Crippen LogP contribution in [0.15, 0.2) is 60.8 Å². The Bertz CT molecular complexity index is 888. The number of ether oxygens (including phenoxy) is 1. The van der Waals surface area contributed by atoms with Crippen LogP contribution in [0.1, 0.15) is 38.1 Å². The largest absolute Gasteiger partial charge is 0.444 e. The number of fused-ring (bicyclic) bond motifs is 1. The van der Waals surface area contributed by atoms with Crippen LogP contribution in [0, 0.1) is 0 Å². The molecule has 0 aliphatic heterocycles. The Labute approximate surface area is 153 Å². The second-order valence-electron chi connectivity index (χ2n) is 7.17. The Morgan fingerprint density at radius 2 is 1.69 bits per heavy atom. The van der Waals surface area contributed by atoms with E-state index in [1.54, 1.807) is 6.20 Å². The maximum Gasteiger partial charge on any atom is 0.408 e. The summed E-state index contributed by atoms with van der Waals surface area (Å²) in [6.07, 6.45) is 1.86. The lowest BCUT2D eigenvalue weighted by molar-refractivity contribution is 0.0502. The normalized spacial score (nSPS) is 12.6. The molecule has 0 saturated carbocycles. The van der Waals surface area contributed by atoms with E-state index in [0.717, 1.165) is 16.6 Å². The highest BCUT2D eigenvalue weighted by Gasteiger charge is 2.22. The number of nitrogens with zero attached hydrogens (tertiary/aromatic N) is 2. The molecule has 1 atom stereocenters. The Kier molecular flexibility index (Phi) is 5.16. The maximum atomic E-state index is 12.3. The van der Waals surface area contributed by atoms with Gasteiger partial charge in [-0.1, -0.05) is 42.5 Å².